The fourth-order valence-electron chi connectivity index (χ4n) is 3.67. The number of carbonyl (C=O) groups excluding carboxylic acids is 1. The molecule has 0 saturated heterocycles. The molecular formula is C24H19ClFN7O. The number of nitrogens with one attached hydrogen (secondary N) is 1. The number of aromatic nitrogens is 5. The van der Waals surface area contributed by atoms with Gasteiger partial charge in [0.25, 0.3) is 5.91 Å². The topological polar surface area (TPSA) is 103 Å². The molecule has 4 aromatic heterocycles. The number of imidazole rings is 2. The number of nitrogens with two attached hydrogens (primary N) is 1. The van der Waals surface area contributed by atoms with E-state index in [0.29, 0.717) is 33.6 Å². The van der Waals surface area contributed by atoms with Gasteiger partial charge in [0.2, 0.25) is 0 Å². The average molecular weight is 476 g/mol. The Balaban J connectivity index is 1.58. The number of benzene rings is 1. The lowest BCUT2D eigenvalue weighted by Crippen LogP contribution is -2.13. The summed E-state index contributed by atoms with van der Waals surface area (Å²) >= 11 is 5.84. The molecule has 170 valence electrons. The zero-order chi connectivity index (χ0) is 23.8. The van der Waals surface area contributed by atoms with E-state index in [2.05, 4.69) is 15.3 Å². The van der Waals surface area contributed by atoms with Crippen LogP contribution in [0.3, 0.4) is 0 Å². The van der Waals surface area contributed by atoms with Gasteiger partial charge in [-0.2, -0.15) is 0 Å². The van der Waals surface area contributed by atoms with E-state index < -0.39 is 11.7 Å². The standard InChI is InChI=1S/C24H19ClFN7O/c1-14-3-2-4-20(30-14)24-31-16(10-28-19-7-5-15(25)9-18(19)26)12-32(24)17-6-8-22-29-11-21(23(27)34)33(22)13-17/h2-9,11-13,28H,10H2,1H3,(H2,27,34). The van der Waals surface area contributed by atoms with E-state index in [9.17, 15) is 9.18 Å². The second-order valence-corrected chi connectivity index (χ2v) is 8.13. The Morgan fingerprint density at radius 1 is 1.15 bits per heavy atom. The van der Waals surface area contributed by atoms with Crippen LogP contribution in [0.2, 0.25) is 5.02 Å². The molecule has 0 unspecified atom stereocenters. The van der Waals surface area contributed by atoms with Crippen molar-refractivity contribution in [3.63, 3.8) is 0 Å². The van der Waals surface area contributed by atoms with Crippen molar-refractivity contribution in [1.29, 1.82) is 0 Å². The van der Waals surface area contributed by atoms with Crippen LogP contribution in [0.4, 0.5) is 10.1 Å². The molecule has 1 aromatic carbocycles. The fourth-order valence-corrected chi connectivity index (χ4v) is 3.83. The Hall–Kier alpha value is -4.24. The first kappa shape index (κ1) is 21.6. The number of hydrogen-bond donors (Lipinski definition) is 2. The van der Waals surface area contributed by atoms with E-state index in [1.54, 1.807) is 28.8 Å². The molecule has 0 aliphatic heterocycles. The summed E-state index contributed by atoms with van der Waals surface area (Å²) in [5.41, 5.74) is 9.58. The quantitative estimate of drug-likeness (QED) is 0.379. The third kappa shape index (κ3) is 4.08. The lowest BCUT2D eigenvalue weighted by Gasteiger charge is -2.09. The molecule has 8 nitrogen and oxygen atoms in total. The number of pyridine rings is 2. The number of anilines is 1. The number of rotatable bonds is 6. The van der Waals surface area contributed by atoms with Gasteiger partial charge < -0.3 is 11.1 Å². The SMILES string of the molecule is Cc1cccc(-c2nc(CNc3ccc(Cl)cc3F)cn2-c2ccc3ncc(C(N)=O)n3c2)n1. The number of hydrogen-bond acceptors (Lipinski definition) is 5. The van der Waals surface area contributed by atoms with Crippen molar-refractivity contribution < 1.29 is 9.18 Å². The lowest BCUT2D eigenvalue weighted by molar-refractivity contribution is 0.0994. The van der Waals surface area contributed by atoms with Gasteiger partial charge in [0.05, 0.1) is 29.8 Å². The molecule has 10 heteroatoms. The predicted octanol–water partition coefficient (Wildman–Crippen LogP) is 4.39. The molecule has 0 aliphatic carbocycles. The molecule has 1 amide bonds. The van der Waals surface area contributed by atoms with Crippen molar-refractivity contribution in [2.45, 2.75) is 13.5 Å². The molecule has 0 saturated carbocycles. The maximum Gasteiger partial charge on any atom is 0.267 e. The maximum absolute atomic E-state index is 14.2. The molecule has 0 bridgehead atoms. The summed E-state index contributed by atoms with van der Waals surface area (Å²) in [5.74, 6) is -0.431. The van der Waals surface area contributed by atoms with Crippen molar-refractivity contribution in [2.24, 2.45) is 5.73 Å². The van der Waals surface area contributed by atoms with Gasteiger partial charge in [-0.15, -0.1) is 0 Å². The van der Waals surface area contributed by atoms with Crippen LogP contribution in [0.15, 0.2) is 67.1 Å². The fraction of sp³-hybridized carbons (Fsp3) is 0.0833. The molecule has 0 aliphatic rings. The van der Waals surface area contributed by atoms with Crippen molar-refractivity contribution in [3.8, 4) is 17.2 Å². The van der Waals surface area contributed by atoms with Crippen molar-refractivity contribution in [2.75, 3.05) is 5.32 Å². The van der Waals surface area contributed by atoms with E-state index in [1.807, 2.05) is 42.0 Å². The number of aryl methyl sites for hydroxylation is 1. The highest BCUT2D eigenvalue weighted by atomic mass is 35.5. The highest BCUT2D eigenvalue weighted by Gasteiger charge is 2.16. The van der Waals surface area contributed by atoms with Gasteiger partial charge in [-0.3, -0.25) is 13.8 Å². The van der Waals surface area contributed by atoms with Gasteiger partial charge in [0, 0.05) is 23.1 Å². The van der Waals surface area contributed by atoms with Crippen LogP contribution in [0.5, 0.6) is 0 Å². The number of halogens is 2. The molecule has 34 heavy (non-hydrogen) atoms. The molecule has 3 N–H and O–H groups in total. The predicted molar refractivity (Wildman–Crippen MR) is 128 cm³/mol. The molecule has 4 heterocycles. The summed E-state index contributed by atoms with van der Waals surface area (Å²) in [7, 11) is 0. The third-order valence-corrected chi connectivity index (χ3v) is 5.52. The van der Waals surface area contributed by atoms with Crippen LogP contribution in [0, 0.1) is 12.7 Å². The molecule has 0 radical (unpaired) electrons. The van der Waals surface area contributed by atoms with Gasteiger partial charge in [-0.1, -0.05) is 17.7 Å². The monoisotopic (exact) mass is 475 g/mol. The number of nitrogens with zero attached hydrogens (tertiary/aromatic N) is 5. The van der Waals surface area contributed by atoms with Crippen LogP contribution in [-0.4, -0.2) is 29.8 Å². The number of primary amides is 1. The summed E-state index contributed by atoms with van der Waals surface area (Å²) in [6, 6.07) is 13.8. The first-order valence-corrected chi connectivity index (χ1v) is 10.8. The Morgan fingerprint density at radius 2 is 2.00 bits per heavy atom. The van der Waals surface area contributed by atoms with Crippen molar-refractivity contribution in [1.82, 2.24) is 23.9 Å². The summed E-state index contributed by atoms with van der Waals surface area (Å²) in [6.45, 7) is 2.17. The second kappa shape index (κ2) is 8.60. The van der Waals surface area contributed by atoms with E-state index in [-0.39, 0.29) is 12.2 Å². The van der Waals surface area contributed by atoms with Crippen LogP contribution >= 0.6 is 11.6 Å². The van der Waals surface area contributed by atoms with Gasteiger partial charge in [-0.05, 0) is 49.4 Å². The summed E-state index contributed by atoms with van der Waals surface area (Å²) < 4.78 is 17.7. The smallest absolute Gasteiger partial charge is 0.267 e. The van der Waals surface area contributed by atoms with Crippen molar-refractivity contribution in [3.05, 3.63) is 95.0 Å². The molecule has 0 spiro atoms. The Kier molecular flexibility index (Phi) is 5.46. The molecule has 5 rings (SSSR count). The normalized spacial score (nSPS) is 11.1. The van der Waals surface area contributed by atoms with Crippen LogP contribution in [0.25, 0.3) is 22.9 Å². The zero-order valence-electron chi connectivity index (χ0n) is 18.0. The van der Waals surface area contributed by atoms with Gasteiger partial charge in [0.1, 0.15) is 22.9 Å². The minimum absolute atomic E-state index is 0.268. The van der Waals surface area contributed by atoms with E-state index in [1.165, 1.54) is 12.3 Å². The number of fused-ring (bicyclic) bond motifs is 1. The molecule has 5 aromatic rings. The highest BCUT2D eigenvalue weighted by Crippen LogP contribution is 2.24. The average Bonchev–Trinajstić information content (AvgIpc) is 3.42. The second-order valence-electron chi connectivity index (χ2n) is 7.69. The summed E-state index contributed by atoms with van der Waals surface area (Å²) in [6.07, 6.45) is 5.04. The minimum Gasteiger partial charge on any atom is -0.377 e. The zero-order valence-corrected chi connectivity index (χ0v) is 18.8. The number of amides is 1. The Bertz CT molecular complexity index is 1540. The van der Waals surface area contributed by atoms with Crippen LogP contribution in [-0.2, 0) is 6.54 Å². The van der Waals surface area contributed by atoms with Gasteiger partial charge >= 0.3 is 0 Å². The largest absolute Gasteiger partial charge is 0.377 e. The van der Waals surface area contributed by atoms with E-state index >= 15 is 0 Å². The van der Waals surface area contributed by atoms with E-state index in [4.69, 9.17) is 22.3 Å². The van der Waals surface area contributed by atoms with Crippen LogP contribution in [0.1, 0.15) is 21.9 Å². The third-order valence-electron chi connectivity index (χ3n) is 5.28. The first-order chi connectivity index (χ1) is 16.4. The maximum atomic E-state index is 14.2. The van der Waals surface area contributed by atoms with Gasteiger partial charge in [-0.25, -0.2) is 19.3 Å². The van der Waals surface area contributed by atoms with Crippen LogP contribution < -0.4 is 11.1 Å². The molecule has 0 atom stereocenters. The highest BCUT2D eigenvalue weighted by molar-refractivity contribution is 6.30. The van der Waals surface area contributed by atoms with Crippen molar-refractivity contribution >= 4 is 28.8 Å². The first-order valence-electron chi connectivity index (χ1n) is 10.4. The Morgan fingerprint density at radius 3 is 2.76 bits per heavy atom. The Labute approximate surface area is 198 Å². The summed E-state index contributed by atoms with van der Waals surface area (Å²) in [4.78, 5) is 25.4. The molecular weight excluding hydrogens is 457 g/mol. The minimum atomic E-state index is -0.578. The molecule has 0 fully saturated rings. The number of carbonyl (C=O) groups is 1. The van der Waals surface area contributed by atoms with Gasteiger partial charge in [0.15, 0.2) is 5.82 Å². The van der Waals surface area contributed by atoms with E-state index in [0.717, 1.165) is 11.4 Å². The summed E-state index contributed by atoms with van der Waals surface area (Å²) in [5, 5.41) is 3.38. The lowest BCUT2D eigenvalue weighted by atomic mass is 10.3.